The van der Waals surface area contributed by atoms with Crippen LogP contribution < -0.4 is 0 Å². The first-order chi connectivity index (χ1) is 5.88. The zero-order valence-corrected chi connectivity index (χ0v) is 6.85. The van der Waals surface area contributed by atoms with Gasteiger partial charge in [0.15, 0.2) is 0 Å². The SMILES string of the molecule is O[C@@H]1CCC[C@H]1c1cnccn1. The summed E-state index contributed by atoms with van der Waals surface area (Å²) in [5.74, 6) is 0.221. The highest BCUT2D eigenvalue weighted by Gasteiger charge is 2.27. The van der Waals surface area contributed by atoms with Crippen molar-refractivity contribution in [2.24, 2.45) is 0 Å². The van der Waals surface area contributed by atoms with E-state index in [9.17, 15) is 5.11 Å². The van der Waals surface area contributed by atoms with E-state index < -0.39 is 0 Å². The summed E-state index contributed by atoms with van der Waals surface area (Å²) in [4.78, 5) is 8.18. The lowest BCUT2D eigenvalue weighted by Gasteiger charge is -2.12. The number of hydrogen-bond acceptors (Lipinski definition) is 3. The molecule has 1 aromatic heterocycles. The van der Waals surface area contributed by atoms with Crippen molar-refractivity contribution in [3.63, 3.8) is 0 Å². The van der Waals surface area contributed by atoms with Crippen molar-refractivity contribution in [3.05, 3.63) is 24.3 Å². The predicted octanol–water partition coefficient (Wildman–Crippen LogP) is 1.10. The van der Waals surface area contributed by atoms with E-state index in [4.69, 9.17) is 0 Å². The maximum absolute atomic E-state index is 9.57. The summed E-state index contributed by atoms with van der Waals surface area (Å²) in [5, 5.41) is 9.57. The largest absolute Gasteiger partial charge is 0.392 e. The lowest BCUT2D eigenvalue weighted by atomic mass is 10.0. The topological polar surface area (TPSA) is 46.0 Å². The standard InChI is InChI=1S/C9H12N2O/c12-9-3-1-2-7(9)8-6-10-4-5-11-8/h4-7,9,12H,1-3H2/t7-,9+/m0/s1. The van der Waals surface area contributed by atoms with Crippen LogP contribution >= 0.6 is 0 Å². The van der Waals surface area contributed by atoms with E-state index in [1.54, 1.807) is 18.6 Å². The van der Waals surface area contributed by atoms with E-state index >= 15 is 0 Å². The van der Waals surface area contributed by atoms with Crippen LogP contribution in [0.4, 0.5) is 0 Å². The van der Waals surface area contributed by atoms with Gasteiger partial charge in [0.1, 0.15) is 0 Å². The van der Waals surface area contributed by atoms with Crippen LogP contribution in [-0.4, -0.2) is 21.2 Å². The summed E-state index contributed by atoms with van der Waals surface area (Å²) >= 11 is 0. The molecule has 0 unspecified atom stereocenters. The Morgan fingerprint density at radius 3 is 2.83 bits per heavy atom. The highest BCUT2D eigenvalue weighted by Crippen LogP contribution is 2.32. The Kier molecular flexibility index (Phi) is 2.04. The molecule has 1 heterocycles. The molecule has 12 heavy (non-hydrogen) atoms. The van der Waals surface area contributed by atoms with Crippen molar-refractivity contribution in [1.82, 2.24) is 9.97 Å². The van der Waals surface area contributed by atoms with Crippen molar-refractivity contribution < 1.29 is 5.11 Å². The number of aliphatic hydroxyl groups is 1. The van der Waals surface area contributed by atoms with E-state index in [1.807, 2.05) is 0 Å². The van der Waals surface area contributed by atoms with E-state index in [0.29, 0.717) is 0 Å². The molecular formula is C9H12N2O. The maximum Gasteiger partial charge on any atom is 0.0643 e. The van der Waals surface area contributed by atoms with Crippen LogP contribution in [0.15, 0.2) is 18.6 Å². The summed E-state index contributed by atoms with van der Waals surface area (Å²) in [6.45, 7) is 0. The van der Waals surface area contributed by atoms with Crippen molar-refractivity contribution in [1.29, 1.82) is 0 Å². The van der Waals surface area contributed by atoms with Gasteiger partial charge in [-0.2, -0.15) is 0 Å². The third-order valence-corrected chi connectivity index (χ3v) is 2.44. The smallest absolute Gasteiger partial charge is 0.0643 e. The molecule has 1 saturated carbocycles. The highest BCUT2D eigenvalue weighted by molar-refractivity contribution is 5.07. The average Bonchev–Trinajstić information content (AvgIpc) is 2.53. The van der Waals surface area contributed by atoms with Crippen LogP contribution in [0.3, 0.4) is 0 Å². The van der Waals surface area contributed by atoms with Gasteiger partial charge < -0.3 is 5.11 Å². The molecule has 1 aliphatic carbocycles. The first-order valence-electron chi connectivity index (χ1n) is 4.32. The summed E-state index contributed by atoms with van der Waals surface area (Å²) in [7, 11) is 0. The van der Waals surface area contributed by atoms with Crippen LogP contribution in [0.2, 0.25) is 0 Å². The fourth-order valence-electron chi connectivity index (χ4n) is 1.79. The highest BCUT2D eigenvalue weighted by atomic mass is 16.3. The minimum absolute atomic E-state index is 0.207. The van der Waals surface area contributed by atoms with Gasteiger partial charge in [0.2, 0.25) is 0 Å². The monoisotopic (exact) mass is 164 g/mol. The Bertz CT molecular complexity index is 250. The van der Waals surface area contributed by atoms with E-state index in [2.05, 4.69) is 9.97 Å². The molecule has 3 nitrogen and oxygen atoms in total. The zero-order valence-electron chi connectivity index (χ0n) is 6.85. The zero-order chi connectivity index (χ0) is 8.39. The minimum atomic E-state index is -0.207. The Labute approximate surface area is 71.5 Å². The number of aromatic nitrogens is 2. The molecule has 0 amide bonds. The summed E-state index contributed by atoms with van der Waals surface area (Å²) in [6.07, 6.45) is 7.93. The molecule has 0 saturated heterocycles. The van der Waals surface area contributed by atoms with Crippen LogP contribution in [0.25, 0.3) is 0 Å². The Hall–Kier alpha value is -0.960. The normalized spacial score (nSPS) is 29.1. The lowest BCUT2D eigenvalue weighted by molar-refractivity contribution is 0.162. The minimum Gasteiger partial charge on any atom is -0.392 e. The second-order valence-corrected chi connectivity index (χ2v) is 3.24. The molecule has 2 rings (SSSR count). The van der Waals surface area contributed by atoms with Gasteiger partial charge in [-0.1, -0.05) is 6.42 Å². The summed E-state index contributed by atoms with van der Waals surface area (Å²) in [6, 6.07) is 0. The van der Waals surface area contributed by atoms with Crippen molar-refractivity contribution in [3.8, 4) is 0 Å². The molecule has 1 N–H and O–H groups in total. The lowest BCUT2D eigenvalue weighted by Crippen LogP contribution is -2.12. The Balaban J connectivity index is 2.19. The van der Waals surface area contributed by atoms with Crippen molar-refractivity contribution >= 4 is 0 Å². The van der Waals surface area contributed by atoms with Gasteiger partial charge in [0.05, 0.1) is 11.8 Å². The van der Waals surface area contributed by atoms with Gasteiger partial charge in [0.25, 0.3) is 0 Å². The number of aliphatic hydroxyl groups excluding tert-OH is 1. The second-order valence-electron chi connectivity index (χ2n) is 3.24. The molecule has 1 fully saturated rings. The van der Waals surface area contributed by atoms with Crippen LogP contribution in [-0.2, 0) is 0 Å². The fraction of sp³-hybridized carbons (Fsp3) is 0.556. The quantitative estimate of drug-likeness (QED) is 0.676. The van der Waals surface area contributed by atoms with Crippen molar-refractivity contribution in [2.75, 3.05) is 0 Å². The molecular weight excluding hydrogens is 152 g/mol. The van der Waals surface area contributed by atoms with Gasteiger partial charge in [-0.25, -0.2) is 0 Å². The average molecular weight is 164 g/mol. The van der Waals surface area contributed by atoms with Crippen LogP contribution in [0.1, 0.15) is 30.9 Å². The van der Waals surface area contributed by atoms with Gasteiger partial charge in [-0.15, -0.1) is 0 Å². The molecule has 3 heteroatoms. The summed E-state index contributed by atoms with van der Waals surface area (Å²) < 4.78 is 0. The molecule has 64 valence electrons. The van der Waals surface area contributed by atoms with E-state index in [1.165, 1.54) is 0 Å². The molecule has 0 radical (unpaired) electrons. The van der Waals surface area contributed by atoms with Gasteiger partial charge >= 0.3 is 0 Å². The second kappa shape index (κ2) is 3.19. The summed E-state index contributed by atoms with van der Waals surface area (Å²) in [5.41, 5.74) is 0.933. The predicted molar refractivity (Wildman–Crippen MR) is 44.6 cm³/mol. The third-order valence-electron chi connectivity index (χ3n) is 2.44. The molecule has 0 spiro atoms. The van der Waals surface area contributed by atoms with E-state index in [0.717, 1.165) is 25.0 Å². The number of nitrogens with zero attached hydrogens (tertiary/aromatic N) is 2. The molecule has 2 atom stereocenters. The first-order valence-corrected chi connectivity index (χ1v) is 4.32. The molecule has 1 aliphatic rings. The van der Waals surface area contributed by atoms with Gasteiger partial charge in [-0.05, 0) is 12.8 Å². The van der Waals surface area contributed by atoms with Crippen LogP contribution in [0.5, 0.6) is 0 Å². The maximum atomic E-state index is 9.57. The van der Waals surface area contributed by atoms with E-state index in [-0.39, 0.29) is 12.0 Å². The molecule has 0 aromatic carbocycles. The Morgan fingerprint density at radius 2 is 2.25 bits per heavy atom. The molecule has 0 aliphatic heterocycles. The first kappa shape index (κ1) is 7.68. The third kappa shape index (κ3) is 1.32. The van der Waals surface area contributed by atoms with Gasteiger partial charge in [0, 0.05) is 24.5 Å². The number of rotatable bonds is 1. The van der Waals surface area contributed by atoms with Crippen molar-refractivity contribution in [2.45, 2.75) is 31.3 Å². The van der Waals surface area contributed by atoms with Gasteiger partial charge in [-0.3, -0.25) is 9.97 Å². The van der Waals surface area contributed by atoms with Crippen LogP contribution in [0, 0.1) is 0 Å². The Morgan fingerprint density at radius 1 is 1.33 bits per heavy atom. The fourth-order valence-corrected chi connectivity index (χ4v) is 1.79. The molecule has 0 bridgehead atoms. The number of hydrogen-bond donors (Lipinski definition) is 1. The molecule has 1 aromatic rings.